The van der Waals surface area contributed by atoms with E-state index in [0.29, 0.717) is 6.42 Å². The van der Waals surface area contributed by atoms with E-state index in [1.54, 1.807) is 0 Å². The third-order valence-electron chi connectivity index (χ3n) is 2.36. The first-order valence-corrected chi connectivity index (χ1v) is 6.78. The molecule has 0 rings (SSSR count). The van der Waals surface area contributed by atoms with Gasteiger partial charge in [-0.3, -0.25) is 4.79 Å². The highest BCUT2D eigenvalue weighted by molar-refractivity contribution is 5.85. The molecule has 0 saturated carbocycles. The minimum Gasteiger partial charge on any atom is -0.447 e. The van der Waals surface area contributed by atoms with Crippen molar-refractivity contribution >= 4 is 12.0 Å². The second-order valence-electron chi connectivity index (χ2n) is 5.42. The molecule has 0 radical (unpaired) electrons. The molecule has 0 spiro atoms. The molecule has 0 aromatic heterocycles. The third kappa shape index (κ3) is 8.71. The van der Waals surface area contributed by atoms with Crippen molar-refractivity contribution in [3.63, 3.8) is 0 Å². The predicted octanol–water partition coefficient (Wildman–Crippen LogP) is 0.00510. The minimum atomic E-state index is -1.12. The number of hydrogen-bond acceptors (Lipinski definition) is 5. The van der Waals surface area contributed by atoms with Crippen LogP contribution in [0.25, 0.3) is 0 Å². The molecule has 7 nitrogen and oxygen atoms in total. The number of ether oxygens (including phenoxy) is 1. The standard InChI is InChI=1S/C13H26N2O5/c1-8(2)5-11(12(18)14-9(3)4)15-13(19)20-7-10(17)6-16/h8-11,16-17H,5-7H2,1-4H3,(H,14,18)(H,15,19). The van der Waals surface area contributed by atoms with Crippen LogP contribution in [0.1, 0.15) is 34.1 Å². The number of amides is 2. The van der Waals surface area contributed by atoms with Gasteiger partial charge in [-0.05, 0) is 26.2 Å². The first kappa shape index (κ1) is 18.7. The van der Waals surface area contributed by atoms with Crippen molar-refractivity contribution in [3.05, 3.63) is 0 Å². The van der Waals surface area contributed by atoms with E-state index in [-0.39, 0.29) is 24.5 Å². The first-order valence-electron chi connectivity index (χ1n) is 6.78. The summed E-state index contributed by atoms with van der Waals surface area (Å²) < 4.78 is 4.72. The van der Waals surface area contributed by atoms with Gasteiger partial charge in [0.25, 0.3) is 0 Å². The molecule has 20 heavy (non-hydrogen) atoms. The summed E-state index contributed by atoms with van der Waals surface area (Å²) in [6, 6.07) is -0.706. The van der Waals surface area contributed by atoms with Gasteiger partial charge < -0.3 is 25.6 Å². The van der Waals surface area contributed by atoms with E-state index in [9.17, 15) is 9.59 Å². The second kappa shape index (κ2) is 9.55. The maximum atomic E-state index is 11.9. The van der Waals surface area contributed by atoms with Gasteiger partial charge in [0.2, 0.25) is 5.91 Å². The molecule has 2 atom stereocenters. The van der Waals surface area contributed by atoms with E-state index < -0.39 is 24.8 Å². The van der Waals surface area contributed by atoms with E-state index >= 15 is 0 Å². The van der Waals surface area contributed by atoms with Crippen LogP contribution in [0.15, 0.2) is 0 Å². The number of aliphatic hydroxyl groups excluding tert-OH is 2. The van der Waals surface area contributed by atoms with E-state index in [0.717, 1.165) is 0 Å². The highest BCUT2D eigenvalue weighted by Crippen LogP contribution is 2.06. The van der Waals surface area contributed by atoms with Crippen molar-refractivity contribution in [2.24, 2.45) is 5.92 Å². The fraction of sp³-hybridized carbons (Fsp3) is 0.846. The Morgan fingerprint density at radius 2 is 1.75 bits per heavy atom. The molecule has 2 amide bonds. The predicted molar refractivity (Wildman–Crippen MR) is 74.1 cm³/mol. The van der Waals surface area contributed by atoms with Gasteiger partial charge in [-0.1, -0.05) is 13.8 Å². The Hall–Kier alpha value is -1.34. The van der Waals surface area contributed by atoms with Gasteiger partial charge >= 0.3 is 6.09 Å². The Morgan fingerprint density at radius 1 is 1.15 bits per heavy atom. The van der Waals surface area contributed by atoms with Crippen molar-refractivity contribution in [1.82, 2.24) is 10.6 Å². The minimum absolute atomic E-state index is 0.0220. The van der Waals surface area contributed by atoms with E-state index in [2.05, 4.69) is 10.6 Å². The number of aliphatic hydroxyl groups is 2. The largest absolute Gasteiger partial charge is 0.447 e. The number of carbonyl (C=O) groups is 2. The SMILES string of the molecule is CC(C)CC(NC(=O)OCC(O)CO)C(=O)NC(C)C. The molecular weight excluding hydrogens is 264 g/mol. The summed E-state index contributed by atoms with van der Waals surface area (Å²) in [5.41, 5.74) is 0. The molecule has 0 fully saturated rings. The molecule has 0 aliphatic heterocycles. The maximum Gasteiger partial charge on any atom is 0.407 e. The van der Waals surface area contributed by atoms with Crippen LogP contribution in [0.2, 0.25) is 0 Å². The zero-order valence-electron chi connectivity index (χ0n) is 12.5. The van der Waals surface area contributed by atoms with E-state index in [1.165, 1.54) is 0 Å². The first-order chi connectivity index (χ1) is 9.26. The molecule has 0 aliphatic rings. The zero-order chi connectivity index (χ0) is 15.7. The van der Waals surface area contributed by atoms with Gasteiger partial charge in [-0.2, -0.15) is 0 Å². The number of nitrogens with one attached hydrogen (secondary N) is 2. The molecule has 0 heterocycles. The van der Waals surface area contributed by atoms with Crippen molar-refractivity contribution in [1.29, 1.82) is 0 Å². The summed E-state index contributed by atoms with van der Waals surface area (Å²) in [6.07, 6.45) is -1.42. The summed E-state index contributed by atoms with van der Waals surface area (Å²) in [4.78, 5) is 23.5. The lowest BCUT2D eigenvalue weighted by atomic mass is 10.0. The van der Waals surface area contributed by atoms with E-state index in [4.69, 9.17) is 14.9 Å². The number of carbonyl (C=O) groups excluding carboxylic acids is 2. The fourth-order valence-corrected chi connectivity index (χ4v) is 1.50. The van der Waals surface area contributed by atoms with Gasteiger partial charge in [-0.15, -0.1) is 0 Å². The van der Waals surface area contributed by atoms with Gasteiger partial charge in [0.15, 0.2) is 0 Å². The van der Waals surface area contributed by atoms with Crippen molar-refractivity contribution < 1.29 is 24.5 Å². The number of hydrogen-bond donors (Lipinski definition) is 4. The quantitative estimate of drug-likeness (QED) is 0.503. The van der Waals surface area contributed by atoms with Gasteiger partial charge in [-0.25, -0.2) is 4.79 Å². The monoisotopic (exact) mass is 290 g/mol. The normalized spacial score (nSPS) is 14.0. The average Bonchev–Trinajstić information content (AvgIpc) is 2.33. The third-order valence-corrected chi connectivity index (χ3v) is 2.36. The van der Waals surface area contributed by atoms with Crippen molar-refractivity contribution in [3.8, 4) is 0 Å². The molecule has 0 aliphatic carbocycles. The summed E-state index contributed by atoms with van der Waals surface area (Å²) in [5.74, 6) is -0.0467. The summed E-state index contributed by atoms with van der Waals surface area (Å²) in [7, 11) is 0. The smallest absolute Gasteiger partial charge is 0.407 e. The number of rotatable bonds is 8. The van der Waals surface area contributed by atoms with Crippen LogP contribution in [-0.4, -0.2) is 53.6 Å². The zero-order valence-corrected chi connectivity index (χ0v) is 12.5. The highest BCUT2D eigenvalue weighted by atomic mass is 16.6. The van der Waals surface area contributed by atoms with Gasteiger partial charge in [0, 0.05) is 6.04 Å². The highest BCUT2D eigenvalue weighted by Gasteiger charge is 2.23. The Balaban J connectivity index is 4.41. The van der Waals surface area contributed by atoms with E-state index in [1.807, 2.05) is 27.7 Å². The summed E-state index contributed by atoms with van der Waals surface area (Å²) >= 11 is 0. The number of alkyl carbamates (subject to hydrolysis) is 1. The van der Waals surface area contributed by atoms with Crippen LogP contribution in [0.5, 0.6) is 0 Å². The van der Waals surface area contributed by atoms with Crippen LogP contribution >= 0.6 is 0 Å². The second-order valence-corrected chi connectivity index (χ2v) is 5.42. The molecule has 7 heteroatoms. The van der Waals surface area contributed by atoms with Crippen LogP contribution in [0.3, 0.4) is 0 Å². The lowest BCUT2D eigenvalue weighted by Crippen LogP contribution is -2.49. The Bertz CT molecular complexity index is 307. The van der Waals surface area contributed by atoms with Crippen LogP contribution in [0.4, 0.5) is 4.79 Å². The molecular formula is C13H26N2O5. The van der Waals surface area contributed by atoms with Crippen LogP contribution in [0, 0.1) is 5.92 Å². The molecule has 118 valence electrons. The fourth-order valence-electron chi connectivity index (χ4n) is 1.50. The van der Waals surface area contributed by atoms with Crippen LogP contribution in [-0.2, 0) is 9.53 Å². The lowest BCUT2D eigenvalue weighted by molar-refractivity contribution is -0.124. The molecule has 0 saturated heterocycles. The summed E-state index contributed by atoms with van der Waals surface area (Å²) in [5, 5.41) is 22.9. The lowest BCUT2D eigenvalue weighted by Gasteiger charge is -2.21. The molecule has 2 unspecified atom stereocenters. The summed E-state index contributed by atoms with van der Waals surface area (Å²) in [6.45, 7) is 6.75. The maximum absolute atomic E-state index is 11.9. The van der Waals surface area contributed by atoms with Crippen LogP contribution < -0.4 is 10.6 Å². The van der Waals surface area contributed by atoms with Crippen molar-refractivity contribution in [2.45, 2.75) is 52.3 Å². The topological polar surface area (TPSA) is 108 Å². The Labute approximate surface area is 119 Å². The Morgan fingerprint density at radius 3 is 2.20 bits per heavy atom. The molecule has 0 aromatic rings. The Kier molecular flexibility index (Phi) is 8.91. The van der Waals surface area contributed by atoms with Crippen molar-refractivity contribution in [2.75, 3.05) is 13.2 Å². The van der Waals surface area contributed by atoms with Gasteiger partial charge in [0.1, 0.15) is 18.8 Å². The molecule has 0 aromatic carbocycles. The molecule has 0 bridgehead atoms. The van der Waals surface area contributed by atoms with Gasteiger partial charge in [0.05, 0.1) is 6.61 Å². The average molecular weight is 290 g/mol. The molecule has 4 N–H and O–H groups in total.